The van der Waals surface area contributed by atoms with E-state index in [4.69, 9.17) is 16.3 Å². The second-order valence-electron chi connectivity index (χ2n) is 6.70. The first-order chi connectivity index (χ1) is 15.0. The largest absolute Gasteiger partial charge is 0.454 e. The minimum absolute atomic E-state index is 0.313. The van der Waals surface area contributed by atoms with Crippen molar-refractivity contribution in [3.8, 4) is 11.4 Å². The molecule has 0 saturated heterocycles. The van der Waals surface area contributed by atoms with Crippen LogP contribution in [-0.4, -0.2) is 45.2 Å². The van der Waals surface area contributed by atoms with E-state index in [9.17, 15) is 14.0 Å². The van der Waals surface area contributed by atoms with Gasteiger partial charge in [-0.3, -0.25) is 4.79 Å². The topological polar surface area (TPSA) is 99.0 Å². The summed E-state index contributed by atoms with van der Waals surface area (Å²) in [5.41, 5.74) is 1.60. The molecule has 0 aliphatic heterocycles. The number of benzene rings is 2. The molecule has 0 fully saturated rings. The third kappa shape index (κ3) is 6.32. The lowest BCUT2D eigenvalue weighted by Crippen LogP contribution is -2.32. The average Bonchev–Trinajstić information content (AvgIpc) is 3.24. The van der Waals surface area contributed by atoms with Crippen LogP contribution in [0, 0.1) is 5.82 Å². The van der Waals surface area contributed by atoms with Crippen molar-refractivity contribution < 1.29 is 18.7 Å². The molecule has 0 aliphatic rings. The smallest absolute Gasteiger partial charge is 0.333 e. The standard InChI is InChI=1S/C21H21ClFN5O3/c1-2-18(28-26-20(25-27-28)15-5-7-16(22)8-6-15)21(30)31-13-19(29)24-12-11-14-3-9-17(23)10-4-14/h3-10,18H,2,11-13H2,1H3,(H,24,29). The number of nitrogens with one attached hydrogen (secondary N) is 1. The van der Waals surface area contributed by atoms with Crippen molar-refractivity contribution in [2.45, 2.75) is 25.8 Å². The SMILES string of the molecule is CCC(C(=O)OCC(=O)NCCc1ccc(F)cc1)n1nnc(-c2ccc(Cl)cc2)n1. The molecule has 1 N–H and O–H groups in total. The first-order valence-electron chi connectivity index (χ1n) is 9.69. The highest BCUT2D eigenvalue weighted by molar-refractivity contribution is 6.30. The highest BCUT2D eigenvalue weighted by Gasteiger charge is 2.24. The molecule has 1 atom stereocenters. The van der Waals surface area contributed by atoms with E-state index >= 15 is 0 Å². The van der Waals surface area contributed by atoms with Crippen molar-refractivity contribution in [2.75, 3.05) is 13.2 Å². The first-order valence-corrected chi connectivity index (χ1v) is 10.1. The molecule has 0 aliphatic carbocycles. The summed E-state index contributed by atoms with van der Waals surface area (Å²) in [5.74, 6) is -1.02. The van der Waals surface area contributed by atoms with Gasteiger partial charge in [-0.2, -0.15) is 0 Å². The fraction of sp³-hybridized carbons (Fsp3) is 0.286. The van der Waals surface area contributed by atoms with Crippen molar-refractivity contribution in [2.24, 2.45) is 0 Å². The maximum absolute atomic E-state index is 12.9. The van der Waals surface area contributed by atoms with Crippen LogP contribution in [0.4, 0.5) is 4.39 Å². The van der Waals surface area contributed by atoms with Crippen molar-refractivity contribution in [3.05, 3.63) is 64.9 Å². The van der Waals surface area contributed by atoms with Gasteiger partial charge in [0.15, 0.2) is 12.6 Å². The zero-order valence-electron chi connectivity index (χ0n) is 16.8. The molecule has 1 heterocycles. The van der Waals surface area contributed by atoms with E-state index in [0.717, 1.165) is 5.56 Å². The van der Waals surface area contributed by atoms with Crippen LogP contribution < -0.4 is 5.32 Å². The third-order valence-electron chi connectivity index (χ3n) is 4.46. The van der Waals surface area contributed by atoms with Gasteiger partial charge in [0.2, 0.25) is 5.82 Å². The van der Waals surface area contributed by atoms with E-state index in [1.54, 1.807) is 43.3 Å². The second kappa shape index (κ2) is 10.6. The molecule has 0 spiro atoms. The lowest BCUT2D eigenvalue weighted by atomic mass is 10.1. The van der Waals surface area contributed by atoms with Crippen LogP contribution in [0.1, 0.15) is 24.9 Å². The van der Waals surface area contributed by atoms with Crippen LogP contribution in [0.3, 0.4) is 0 Å². The Hall–Kier alpha value is -3.33. The molecule has 1 amide bonds. The van der Waals surface area contributed by atoms with Gasteiger partial charge < -0.3 is 10.1 Å². The Morgan fingerprint density at radius 3 is 2.55 bits per heavy atom. The Morgan fingerprint density at radius 1 is 1.16 bits per heavy atom. The van der Waals surface area contributed by atoms with Crippen molar-refractivity contribution in [1.29, 1.82) is 0 Å². The highest BCUT2D eigenvalue weighted by atomic mass is 35.5. The molecule has 2 aromatic carbocycles. The molecular formula is C21H21ClFN5O3. The summed E-state index contributed by atoms with van der Waals surface area (Å²) in [6, 6.07) is 12.1. The van der Waals surface area contributed by atoms with Gasteiger partial charge in [0.1, 0.15) is 5.82 Å². The number of tetrazole rings is 1. The number of amides is 1. The van der Waals surface area contributed by atoms with E-state index in [0.29, 0.717) is 35.8 Å². The first kappa shape index (κ1) is 22.4. The number of hydrogen-bond donors (Lipinski definition) is 1. The van der Waals surface area contributed by atoms with Gasteiger partial charge in [-0.1, -0.05) is 30.7 Å². The third-order valence-corrected chi connectivity index (χ3v) is 4.71. The van der Waals surface area contributed by atoms with Gasteiger partial charge >= 0.3 is 5.97 Å². The quantitative estimate of drug-likeness (QED) is 0.508. The molecule has 1 aromatic heterocycles. The lowest BCUT2D eigenvalue weighted by Gasteiger charge is -2.12. The summed E-state index contributed by atoms with van der Waals surface area (Å²) in [6.45, 7) is 1.70. The Balaban J connectivity index is 1.48. The molecule has 3 aromatic rings. The summed E-state index contributed by atoms with van der Waals surface area (Å²) in [7, 11) is 0. The zero-order chi connectivity index (χ0) is 22.2. The van der Waals surface area contributed by atoms with Gasteiger partial charge in [0.25, 0.3) is 5.91 Å². The van der Waals surface area contributed by atoms with Gasteiger partial charge in [-0.15, -0.1) is 15.0 Å². The van der Waals surface area contributed by atoms with Crippen molar-refractivity contribution in [1.82, 2.24) is 25.5 Å². The van der Waals surface area contributed by atoms with Gasteiger partial charge in [-0.05, 0) is 60.0 Å². The van der Waals surface area contributed by atoms with E-state index in [-0.39, 0.29) is 5.82 Å². The van der Waals surface area contributed by atoms with Crippen LogP contribution in [0.2, 0.25) is 5.02 Å². The monoisotopic (exact) mass is 445 g/mol. The minimum atomic E-state index is -0.805. The van der Waals surface area contributed by atoms with Crippen LogP contribution in [-0.2, 0) is 20.7 Å². The van der Waals surface area contributed by atoms with Crippen LogP contribution in [0.5, 0.6) is 0 Å². The maximum atomic E-state index is 12.9. The normalized spacial score (nSPS) is 11.7. The van der Waals surface area contributed by atoms with Crippen molar-refractivity contribution >= 4 is 23.5 Å². The molecule has 10 heteroatoms. The fourth-order valence-electron chi connectivity index (χ4n) is 2.78. The number of carbonyl (C=O) groups is 2. The molecule has 0 bridgehead atoms. The Morgan fingerprint density at radius 2 is 1.87 bits per heavy atom. The predicted octanol–water partition coefficient (Wildman–Crippen LogP) is 2.99. The van der Waals surface area contributed by atoms with E-state index in [1.165, 1.54) is 16.9 Å². The second-order valence-corrected chi connectivity index (χ2v) is 7.13. The van der Waals surface area contributed by atoms with E-state index < -0.39 is 24.5 Å². The lowest BCUT2D eigenvalue weighted by molar-refractivity contribution is -0.152. The number of carbonyl (C=O) groups excluding carboxylic acids is 2. The van der Waals surface area contributed by atoms with Gasteiger partial charge in [0.05, 0.1) is 0 Å². The van der Waals surface area contributed by atoms with Crippen LogP contribution in [0.15, 0.2) is 48.5 Å². The zero-order valence-corrected chi connectivity index (χ0v) is 17.6. The predicted molar refractivity (Wildman–Crippen MR) is 112 cm³/mol. The van der Waals surface area contributed by atoms with Crippen molar-refractivity contribution in [3.63, 3.8) is 0 Å². The van der Waals surface area contributed by atoms with Crippen LogP contribution in [0.25, 0.3) is 11.4 Å². The number of aromatic nitrogens is 4. The molecule has 8 nitrogen and oxygen atoms in total. The molecule has 0 radical (unpaired) electrons. The van der Waals surface area contributed by atoms with Gasteiger partial charge in [-0.25, -0.2) is 9.18 Å². The van der Waals surface area contributed by atoms with E-state index in [1.807, 2.05) is 0 Å². The average molecular weight is 446 g/mol. The fourth-order valence-corrected chi connectivity index (χ4v) is 2.90. The number of rotatable bonds is 9. The number of nitrogens with zero attached hydrogens (tertiary/aromatic N) is 4. The Bertz CT molecular complexity index is 1020. The number of hydrogen-bond acceptors (Lipinski definition) is 6. The summed E-state index contributed by atoms with van der Waals surface area (Å²) < 4.78 is 18.0. The number of halogens is 2. The highest BCUT2D eigenvalue weighted by Crippen LogP contribution is 2.19. The minimum Gasteiger partial charge on any atom is -0.454 e. The summed E-state index contributed by atoms with van der Waals surface area (Å²) in [5, 5.41) is 15.4. The molecule has 31 heavy (non-hydrogen) atoms. The summed E-state index contributed by atoms with van der Waals surface area (Å²) in [6.07, 6.45) is 0.898. The maximum Gasteiger partial charge on any atom is 0.333 e. The molecule has 3 rings (SSSR count). The molecule has 1 unspecified atom stereocenters. The molecule has 0 saturated carbocycles. The number of ether oxygens (including phenoxy) is 1. The Labute approximate surface area is 183 Å². The van der Waals surface area contributed by atoms with E-state index in [2.05, 4.69) is 20.7 Å². The summed E-state index contributed by atoms with van der Waals surface area (Å²) in [4.78, 5) is 25.5. The van der Waals surface area contributed by atoms with Gasteiger partial charge in [0, 0.05) is 17.1 Å². The Kier molecular flexibility index (Phi) is 7.66. The summed E-state index contributed by atoms with van der Waals surface area (Å²) >= 11 is 5.88. The number of esters is 1. The molecular weight excluding hydrogens is 425 g/mol. The van der Waals surface area contributed by atoms with Crippen LogP contribution >= 0.6 is 11.6 Å². The molecule has 162 valence electrons.